The molecule has 1 rings (SSSR count). The molecule has 0 N–H and O–H groups in total. The van der Waals surface area contributed by atoms with Gasteiger partial charge in [0.2, 0.25) is 0 Å². The summed E-state index contributed by atoms with van der Waals surface area (Å²) in [6.45, 7) is 13.9. The minimum atomic E-state index is 0.444. The minimum Gasteiger partial charge on any atom is -0.378 e. The molecule has 2 unspecified atom stereocenters. The Bertz CT molecular complexity index is 207. The Balaban J connectivity index is 2.64. The van der Waals surface area contributed by atoms with Gasteiger partial charge in [-0.3, -0.25) is 4.90 Å². The molecule has 1 aliphatic heterocycles. The molecule has 0 amide bonds. The summed E-state index contributed by atoms with van der Waals surface area (Å²) in [4.78, 5) is 2.44. The molecule has 2 atom stereocenters. The van der Waals surface area contributed by atoms with Gasteiger partial charge < -0.3 is 4.74 Å². The summed E-state index contributed by atoms with van der Waals surface area (Å²) in [6.07, 6.45) is 7.82. The first kappa shape index (κ1) is 12.2. The zero-order chi connectivity index (χ0) is 11.1. The van der Waals surface area contributed by atoms with Crippen molar-refractivity contribution in [1.82, 2.24) is 4.90 Å². The third-order valence-electron chi connectivity index (χ3n) is 2.78. The van der Waals surface area contributed by atoms with Crippen LogP contribution < -0.4 is 0 Å². The van der Waals surface area contributed by atoms with Crippen molar-refractivity contribution >= 4 is 0 Å². The molecular weight excluding hydrogens is 186 g/mol. The van der Waals surface area contributed by atoms with Gasteiger partial charge in [-0.25, -0.2) is 0 Å². The molecule has 0 radical (unpaired) electrons. The standard InChI is InChI=1S/C13H21NO/c1-4-7-12-10-15-11-13(8-5-2)14(12)9-6-3/h4-6,12-13H,1-3,7-11H2. The first-order valence-electron chi connectivity index (χ1n) is 5.49. The van der Waals surface area contributed by atoms with Crippen molar-refractivity contribution in [2.24, 2.45) is 0 Å². The van der Waals surface area contributed by atoms with E-state index in [1.54, 1.807) is 0 Å². The van der Waals surface area contributed by atoms with Gasteiger partial charge in [0.1, 0.15) is 0 Å². The molecule has 0 aromatic heterocycles. The first-order valence-corrected chi connectivity index (χ1v) is 5.49. The van der Waals surface area contributed by atoms with Crippen molar-refractivity contribution < 1.29 is 4.74 Å². The smallest absolute Gasteiger partial charge is 0.0625 e. The van der Waals surface area contributed by atoms with Gasteiger partial charge in [-0.05, 0) is 12.8 Å². The van der Waals surface area contributed by atoms with E-state index in [4.69, 9.17) is 4.74 Å². The Labute approximate surface area is 92.9 Å². The highest BCUT2D eigenvalue weighted by Gasteiger charge is 2.28. The molecule has 0 bridgehead atoms. The number of hydrogen-bond donors (Lipinski definition) is 0. The van der Waals surface area contributed by atoms with E-state index in [2.05, 4.69) is 24.6 Å². The lowest BCUT2D eigenvalue weighted by molar-refractivity contribution is -0.0412. The predicted octanol–water partition coefficient (Wildman–Crippen LogP) is 2.39. The highest BCUT2D eigenvalue weighted by atomic mass is 16.5. The lowest BCUT2D eigenvalue weighted by Gasteiger charge is -2.41. The van der Waals surface area contributed by atoms with E-state index >= 15 is 0 Å². The summed E-state index contributed by atoms with van der Waals surface area (Å²) in [5.74, 6) is 0. The van der Waals surface area contributed by atoms with Crippen LogP contribution >= 0.6 is 0 Å². The minimum absolute atomic E-state index is 0.444. The Morgan fingerprint density at radius 3 is 1.93 bits per heavy atom. The van der Waals surface area contributed by atoms with Crippen molar-refractivity contribution in [3.8, 4) is 0 Å². The number of nitrogens with zero attached hydrogens (tertiary/aromatic N) is 1. The van der Waals surface area contributed by atoms with Crippen LogP contribution in [0.25, 0.3) is 0 Å². The Hall–Kier alpha value is -0.860. The second kappa shape index (κ2) is 6.59. The third kappa shape index (κ3) is 3.33. The quantitative estimate of drug-likeness (QED) is 0.620. The Kier molecular flexibility index (Phi) is 5.37. The van der Waals surface area contributed by atoms with Gasteiger partial charge in [-0.1, -0.05) is 18.2 Å². The van der Waals surface area contributed by atoms with Gasteiger partial charge in [-0.2, -0.15) is 0 Å². The maximum Gasteiger partial charge on any atom is 0.0625 e. The molecule has 0 spiro atoms. The van der Waals surface area contributed by atoms with Gasteiger partial charge in [-0.15, -0.1) is 19.7 Å². The summed E-state index contributed by atoms with van der Waals surface area (Å²) in [5.41, 5.74) is 0. The topological polar surface area (TPSA) is 12.5 Å². The van der Waals surface area contributed by atoms with Crippen LogP contribution in [-0.2, 0) is 4.74 Å². The summed E-state index contributed by atoms with van der Waals surface area (Å²) in [6, 6.07) is 0.887. The summed E-state index contributed by atoms with van der Waals surface area (Å²) >= 11 is 0. The molecule has 1 aliphatic rings. The molecule has 0 aromatic rings. The molecule has 1 heterocycles. The molecule has 2 nitrogen and oxygen atoms in total. The van der Waals surface area contributed by atoms with Gasteiger partial charge >= 0.3 is 0 Å². The van der Waals surface area contributed by atoms with Crippen molar-refractivity contribution in [2.45, 2.75) is 24.9 Å². The zero-order valence-corrected chi connectivity index (χ0v) is 9.40. The van der Waals surface area contributed by atoms with Gasteiger partial charge in [0.25, 0.3) is 0 Å². The average Bonchev–Trinajstić information content (AvgIpc) is 2.23. The van der Waals surface area contributed by atoms with E-state index in [1.807, 2.05) is 18.2 Å². The highest BCUT2D eigenvalue weighted by molar-refractivity contribution is 4.93. The van der Waals surface area contributed by atoms with Crippen LogP contribution in [-0.4, -0.2) is 36.7 Å². The third-order valence-corrected chi connectivity index (χ3v) is 2.78. The predicted molar refractivity (Wildman–Crippen MR) is 64.9 cm³/mol. The van der Waals surface area contributed by atoms with E-state index < -0.39 is 0 Å². The van der Waals surface area contributed by atoms with E-state index in [9.17, 15) is 0 Å². The average molecular weight is 207 g/mol. The molecule has 84 valence electrons. The molecule has 0 saturated carbocycles. The maximum atomic E-state index is 5.60. The summed E-state index contributed by atoms with van der Waals surface area (Å²) < 4.78 is 5.60. The molecule has 15 heavy (non-hydrogen) atoms. The fourth-order valence-corrected chi connectivity index (χ4v) is 2.07. The van der Waals surface area contributed by atoms with E-state index in [0.29, 0.717) is 12.1 Å². The highest BCUT2D eigenvalue weighted by Crippen LogP contribution is 2.18. The fraction of sp³-hybridized carbons (Fsp3) is 0.538. The maximum absolute atomic E-state index is 5.60. The van der Waals surface area contributed by atoms with Crippen LogP contribution in [0.4, 0.5) is 0 Å². The SMILES string of the molecule is C=CCC1COCC(CC=C)N1CC=C. The zero-order valence-electron chi connectivity index (χ0n) is 9.40. The van der Waals surface area contributed by atoms with Crippen LogP contribution in [0, 0.1) is 0 Å². The van der Waals surface area contributed by atoms with E-state index in [0.717, 1.165) is 32.6 Å². The molecule has 0 aliphatic carbocycles. The number of ether oxygens (including phenoxy) is 1. The van der Waals surface area contributed by atoms with Gasteiger partial charge in [0.15, 0.2) is 0 Å². The van der Waals surface area contributed by atoms with Crippen LogP contribution in [0.2, 0.25) is 0 Å². The van der Waals surface area contributed by atoms with E-state index in [1.165, 1.54) is 0 Å². The number of morpholine rings is 1. The Morgan fingerprint density at radius 1 is 1.00 bits per heavy atom. The lowest BCUT2D eigenvalue weighted by Crippen LogP contribution is -2.51. The van der Waals surface area contributed by atoms with Crippen LogP contribution in [0.15, 0.2) is 38.0 Å². The molecule has 1 fully saturated rings. The second-order valence-electron chi connectivity index (χ2n) is 3.88. The van der Waals surface area contributed by atoms with Gasteiger partial charge in [0, 0.05) is 18.6 Å². The number of rotatable bonds is 6. The van der Waals surface area contributed by atoms with Crippen LogP contribution in [0.3, 0.4) is 0 Å². The van der Waals surface area contributed by atoms with Crippen molar-refractivity contribution in [3.63, 3.8) is 0 Å². The molecule has 2 heteroatoms. The van der Waals surface area contributed by atoms with Crippen LogP contribution in [0.1, 0.15) is 12.8 Å². The first-order chi connectivity index (χ1) is 7.33. The van der Waals surface area contributed by atoms with Gasteiger partial charge in [0.05, 0.1) is 13.2 Å². The lowest BCUT2D eigenvalue weighted by atomic mass is 10.1. The fourth-order valence-electron chi connectivity index (χ4n) is 2.07. The monoisotopic (exact) mass is 207 g/mol. The largest absolute Gasteiger partial charge is 0.378 e. The Morgan fingerprint density at radius 2 is 1.53 bits per heavy atom. The second-order valence-corrected chi connectivity index (χ2v) is 3.88. The van der Waals surface area contributed by atoms with E-state index in [-0.39, 0.29) is 0 Å². The molecule has 0 aromatic carbocycles. The summed E-state index contributed by atoms with van der Waals surface area (Å²) in [5, 5.41) is 0. The number of hydrogen-bond acceptors (Lipinski definition) is 2. The summed E-state index contributed by atoms with van der Waals surface area (Å²) in [7, 11) is 0. The normalized spacial score (nSPS) is 27.2. The van der Waals surface area contributed by atoms with Crippen molar-refractivity contribution in [3.05, 3.63) is 38.0 Å². The van der Waals surface area contributed by atoms with Crippen LogP contribution in [0.5, 0.6) is 0 Å². The van der Waals surface area contributed by atoms with Crippen molar-refractivity contribution in [2.75, 3.05) is 19.8 Å². The van der Waals surface area contributed by atoms with Crippen molar-refractivity contribution in [1.29, 1.82) is 0 Å². The molecular formula is C13H21NO. The molecule has 1 saturated heterocycles.